The monoisotopic (exact) mass is 725 g/mol. The molecule has 2 aliphatic rings. The van der Waals surface area contributed by atoms with Gasteiger partial charge in [-0.15, -0.1) is 24.3 Å². The molecule has 4 aromatic carbocycles. The summed E-state index contributed by atoms with van der Waals surface area (Å²) in [4.78, 5) is 7.33. The summed E-state index contributed by atoms with van der Waals surface area (Å²) < 4.78 is 4.62. The third-order valence-electron chi connectivity index (χ3n) is 7.14. The summed E-state index contributed by atoms with van der Waals surface area (Å²) in [5, 5.41) is 11.5. The van der Waals surface area contributed by atoms with Crippen molar-refractivity contribution >= 4 is 24.7 Å². The summed E-state index contributed by atoms with van der Waals surface area (Å²) in [5.41, 5.74) is 6.66. The first-order valence-corrected chi connectivity index (χ1v) is 14.3. The molecule has 219 valence electrons. The van der Waals surface area contributed by atoms with Crippen molar-refractivity contribution in [2.24, 2.45) is 0 Å². The van der Waals surface area contributed by atoms with Gasteiger partial charge in [0.15, 0.2) is 0 Å². The van der Waals surface area contributed by atoms with E-state index in [0.29, 0.717) is 13.4 Å². The average Bonchev–Trinajstić information content (AvgIpc) is 3.04. The second kappa shape index (κ2) is 21.1. The first-order chi connectivity index (χ1) is 20.1. The topological polar surface area (TPSA) is 51.2 Å². The number of benzene rings is 4. The van der Waals surface area contributed by atoms with Crippen LogP contribution >= 0.6 is 0 Å². The molecule has 0 amide bonds. The Bertz CT molecular complexity index is 1260. The molecular formula is C34H40BN4O2Y2-2. The van der Waals surface area contributed by atoms with Crippen molar-refractivity contribution in [1.29, 1.82) is 0 Å². The Hall–Kier alpha value is -1.73. The number of hydrogen-bond donors (Lipinski definition) is 2. The van der Waals surface area contributed by atoms with Crippen LogP contribution in [0.25, 0.3) is 0 Å². The number of anilines is 3. The molecule has 3 radical (unpaired) electrons. The van der Waals surface area contributed by atoms with Crippen LogP contribution in [0.15, 0.2) is 97.1 Å². The number of rotatable bonds is 5. The molecule has 6 nitrogen and oxygen atoms in total. The van der Waals surface area contributed by atoms with E-state index in [1.54, 1.807) is 24.3 Å². The summed E-state index contributed by atoms with van der Waals surface area (Å²) in [6.45, 7) is 13.1. The Morgan fingerprint density at radius 2 is 0.953 bits per heavy atom. The molecule has 0 atom stereocenters. The van der Waals surface area contributed by atoms with Crippen LogP contribution < -0.4 is 24.7 Å². The van der Waals surface area contributed by atoms with E-state index in [4.69, 9.17) is 5.02 Å². The third kappa shape index (κ3) is 13.0. The number of hydrogen-bond acceptors (Lipinski definition) is 6. The van der Waals surface area contributed by atoms with Crippen LogP contribution in [0, 0.1) is 26.0 Å². The summed E-state index contributed by atoms with van der Waals surface area (Å²) in [6, 6.07) is 38.6. The summed E-state index contributed by atoms with van der Waals surface area (Å²) >= 11 is 0. The molecule has 0 aromatic heterocycles. The van der Waals surface area contributed by atoms with Crippen molar-refractivity contribution in [2.45, 2.75) is 13.8 Å². The molecule has 0 aliphatic carbocycles. The van der Waals surface area contributed by atoms with Gasteiger partial charge in [0.2, 0.25) is 0 Å². The minimum atomic E-state index is 0. The van der Waals surface area contributed by atoms with Crippen molar-refractivity contribution in [3.05, 3.63) is 120 Å². The van der Waals surface area contributed by atoms with Crippen molar-refractivity contribution < 1.29 is 75.1 Å². The molecule has 2 fully saturated rings. The van der Waals surface area contributed by atoms with Gasteiger partial charge < -0.3 is 29.7 Å². The molecule has 4 aromatic rings. The normalized spacial score (nSPS) is 14.0. The maximum absolute atomic E-state index is 8.16. The van der Waals surface area contributed by atoms with E-state index in [0.717, 1.165) is 52.4 Å². The first kappa shape index (κ1) is 37.5. The molecule has 2 saturated heterocycles. The predicted molar refractivity (Wildman–Crippen MR) is 171 cm³/mol. The molecule has 2 aliphatic heterocycles. The van der Waals surface area contributed by atoms with Gasteiger partial charge in [-0.25, -0.2) is 0 Å². The van der Waals surface area contributed by atoms with Gasteiger partial charge >= 0.3 is 7.69 Å². The zero-order valence-electron chi connectivity index (χ0n) is 25.3. The summed E-state index contributed by atoms with van der Waals surface area (Å²) in [6.07, 6.45) is 0. The van der Waals surface area contributed by atoms with Crippen LogP contribution in [0.3, 0.4) is 0 Å². The van der Waals surface area contributed by atoms with Gasteiger partial charge in [0, 0.05) is 129 Å². The SMILES string of the molecule is Cc1ccc(N2CCN(c3cc[c-]cc3)CC2)cc1.Cc1ccc(N2CCNCC2)cc1.O[B]Oc1cc[c-]cc1.[Y].[Y]. The quantitative estimate of drug-likeness (QED) is 0.226. The van der Waals surface area contributed by atoms with E-state index < -0.39 is 0 Å². The van der Waals surface area contributed by atoms with Crippen LogP contribution in [0.1, 0.15) is 11.1 Å². The van der Waals surface area contributed by atoms with Crippen molar-refractivity contribution in [3.63, 3.8) is 0 Å². The van der Waals surface area contributed by atoms with Gasteiger partial charge in [-0.1, -0.05) is 41.1 Å². The van der Waals surface area contributed by atoms with Crippen LogP contribution in [0.5, 0.6) is 5.75 Å². The minimum Gasteiger partial charge on any atom is -0.558 e. The fourth-order valence-corrected chi connectivity index (χ4v) is 4.76. The van der Waals surface area contributed by atoms with E-state index in [2.05, 4.69) is 111 Å². The van der Waals surface area contributed by atoms with Gasteiger partial charge in [-0.05, 0) is 43.9 Å². The number of nitrogens with one attached hydrogen (secondary N) is 1. The van der Waals surface area contributed by atoms with Gasteiger partial charge in [0.25, 0.3) is 0 Å². The van der Waals surface area contributed by atoms with Gasteiger partial charge in [0.1, 0.15) is 0 Å². The Kier molecular flexibility index (Phi) is 18.4. The van der Waals surface area contributed by atoms with E-state index in [1.165, 1.54) is 28.2 Å². The van der Waals surface area contributed by atoms with Crippen molar-refractivity contribution in [3.8, 4) is 5.75 Å². The molecule has 9 heteroatoms. The van der Waals surface area contributed by atoms with Gasteiger partial charge in [-0.3, -0.25) is 0 Å². The average molecular weight is 725 g/mol. The largest absolute Gasteiger partial charge is 0.567 e. The van der Waals surface area contributed by atoms with Crippen LogP contribution in [-0.4, -0.2) is 65.1 Å². The minimum absolute atomic E-state index is 0. The molecule has 43 heavy (non-hydrogen) atoms. The number of aryl methyl sites for hydroxylation is 2. The van der Waals surface area contributed by atoms with Crippen LogP contribution in [0.4, 0.5) is 17.1 Å². The standard InChI is InChI=1S/C17H19N2.C11H16N2.C6H5BO2.2Y/c1-15-7-9-17(10-8-15)19-13-11-18(12-14-19)16-5-3-2-4-6-16;1-10-2-4-11(5-3-10)13-8-6-12-7-9-13;8-7-9-6-4-2-1-3-5-6;;/h3-10H,11-14H2,1H3;2-5,12H,6-9H2,1H3;2-5,8H;;/q-1;;-1;;. The molecule has 2 N–H and O–H groups in total. The predicted octanol–water partition coefficient (Wildman–Crippen LogP) is 4.91. The molecule has 2 heterocycles. The van der Waals surface area contributed by atoms with Gasteiger partial charge in [0.05, 0.1) is 0 Å². The Balaban J connectivity index is 0.000000236. The van der Waals surface area contributed by atoms with Crippen molar-refractivity contribution in [2.75, 3.05) is 67.1 Å². The molecule has 0 spiro atoms. The second-order valence-corrected chi connectivity index (χ2v) is 10.1. The van der Waals surface area contributed by atoms with E-state index in [1.807, 2.05) is 12.1 Å². The molecule has 0 bridgehead atoms. The van der Waals surface area contributed by atoms with E-state index in [9.17, 15) is 0 Å². The Labute approximate surface area is 309 Å². The zero-order chi connectivity index (χ0) is 28.7. The number of piperazine rings is 2. The zero-order valence-corrected chi connectivity index (χ0v) is 31.0. The Morgan fingerprint density at radius 1 is 0.581 bits per heavy atom. The van der Waals surface area contributed by atoms with E-state index in [-0.39, 0.29) is 65.4 Å². The fourth-order valence-electron chi connectivity index (χ4n) is 4.76. The maximum atomic E-state index is 8.16. The summed E-state index contributed by atoms with van der Waals surface area (Å²) in [5.74, 6) is 0.608. The third-order valence-corrected chi connectivity index (χ3v) is 7.14. The molecule has 6 rings (SSSR count). The van der Waals surface area contributed by atoms with Gasteiger partial charge in [-0.2, -0.15) is 36.4 Å². The van der Waals surface area contributed by atoms with Crippen LogP contribution in [0.2, 0.25) is 0 Å². The summed E-state index contributed by atoms with van der Waals surface area (Å²) in [7, 11) is 0.648. The molecular weight excluding hydrogens is 685 g/mol. The number of nitrogens with zero attached hydrogens (tertiary/aromatic N) is 3. The Morgan fingerprint density at radius 3 is 1.37 bits per heavy atom. The molecule has 0 saturated carbocycles. The van der Waals surface area contributed by atoms with E-state index >= 15 is 0 Å². The fraction of sp³-hybridized carbons (Fsp3) is 0.294. The van der Waals surface area contributed by atoms with Crippen molar-refractivity contribution in [1.82, 2.24) is 5.32 Å². The molecule has 0 unspecified atom stereocenters. The first-order valence-electron chi connectivity index (χ1n) is 14.3. The van der Waals surface area contributed by atoms with Crippen LogP contribution in [-0.2, 0) is 65.4 Å². The maximum Gasteiger partial charge on any atom is 0.567 e. The second-order valence-electron chi connectivity index (χ2n) is 10.1. The smallest absolute Gasteiger partial charge is 0.558 e.